The van der Waals surface area contributed by atoms with Crippen LogP contribution in [-0.2, 0) is 6.54 Å². The average Bonchev–Trinajstić information content (AvgIpc) is 3.40. The van der Waals surface area contributed by atoms with Crippen molar-refractivity contribution in [2.24, 2.45) is 0 Å². The van der Waals surface area contributed by atoms with Crippen LogP contribution in [-0.4, -0.2) is 53.0 Å². The predicted molar refractivity (Wildman–Crippen MR) is 104 cm³/mol. The van der Waals surface area contributed by atoms with Gasteiger partial charge >= 0.3 is 5.97 Å². The van der Waals surface area contributed by atoms with Gasteiger partial charge in [0.25, 0.3) is 5.91 Å². The number of carbonyl (C=O) groups is 2. The highest BCUT2D eigenvalue weighted by Gasteiger charge is 2.27. The summed E-state index contributed by atoms with van der Waals surface area (Å²) in [6.07, 6.45) is 4.30. The Hall–Kier alpha value is -2.60. The highest BCUT2D eigenvalue weighted by Crippen LogP contribution is 2.28. The maximum atomic E-state index is 12.9. The molecule has 2 aliphatic heterocycles. The van der Waals surface area contributed by atoms with E-state index in [1.165, 1.54) is 12.8 Å². The molecule has 1 N–H and O–H groups in total. The predicted octanol–water partition coefficient (Wildman–Crippen LogP) is 3.59. The molecule has 28 heavy (non-hydrogen) atoms. The minimum atomic E-state index is -0.924. The average molecular weight is 382 g/mol. The van der Waals surface area contributed by atoms with Crippen molar-refractivity contribution in [3.05, 3.63) is 59.0 Å². The van der Waals surface area contributed by atoms with Crippen LogP contribution in [0.4, 0.5) is 0 Å². The van der Waals surface area contributed by atoms with Gasteiger partial charge in [-0.3, -0.25) is 9.69 Å². The van der Waals surface area contributed by atoms with Crippen LogP contribution < -0.4 is 0 Å². The summed E-state index contributed by atoms with van der Waals surface area (Å²) in [5, 5.41) is 9.22. The van der Waals surface area contributed by atoms with E-state index in [2.05, 4.69) is 4.90 Å². The third-order valence-corrected chi connectivity index (χ3v) is 5.76. The zero-order chi connectivity index (χ0) is 19.5. The van der Waals surface area contributed by atoms with E-state index in [-0.39, 0.29) is 11.8 Å². The van der Waals surface area contributed by atoms with Crippen LogP contribution in [0.25, 0.3) is 0 Å². The van der Waals surface area contributed by atoms with E-state index in [0.29, 0.717) is 24.4 Å². The van der Waals surface area contributed by atoms with Crippen LogP contribution in [0.15, 0.2) is 40.8 Å². The van der Waals surface area contributed by atoms with E-state index >= 15 is 0 Å². The van der Waals surface area contributed by atoms with Gasteiger partial charge in [-0.25, -0.2) is 4.79 Å². The van der Waals surface area contributed by atoms with Crippen LogP contribution in [0, 0.1) is 0 Å². The van der Waals surface area contributed by atoms with Crippen molar-refractivity contribution in [3.8, 4) is 0 Å². The Kier molecular flexibility index (Phi) is 5.48. The molecular formula is C22H26N2O4. The summed E-state index contributed by atoms with van der Waals surface area (Å²) < 4.78 is 5.84. The summed E-state index contributed by atoms with van der Waals surface area (Å²) in [5.41, 5.74) is 1.27. The number of piperidine rings is 1. The number of carbonyl (C=O) groups excluding carboxylic acids is 1. The number of carboxylic acid groups (broad SMARTS) is 1. The molecule has 6 nitrogen and oxygen atoms in total. The summed E-state index contributed by atoms with van der Waals surface area (Å²) in [4.78, 5) is 28.3. The van der Waals surface area contributed by atoms with Gasteiger partial charge in [0.15, 0.2) is 5.76 Å². The van der Waals surface area contributed by atoms with Crippen molar-refractivity contribution in [1.82, 2.24) is 9.80 Å². The van der Waals surface area contributed by atoms with Gasteiger partial charge in [0, 0.05) is 19.0 Å². The normalized spacial score (nSPS) is 20.4. The number of likely N-dealkylation sites (tertiary alicyclic amines) is 2. The van der Waals surface area contributed by atoms with Crippen LogP contribution in [0.5, 0.6) is 0 Å². The second-order valence-corrected chi connectivity index (χ2v) is 7.77. The number of furan rings is 1. The van der Waals surface area contributed by atoms with E-state index < -0.39 is 5.97 Å². The molecule has 1 atom stereocenters. The molecule has 2 aromatic rings. The molecule has 0 spiro atoms. The van der Waals surface area contributed by atoms with E-state index in [1.807, 2.05) is 17.0 Å². The first-order valence-electron chi connectivity index (χ1n) is 10.0. The van der Waals surface area contributed by atoms with Crippen molar-refractivity contribution in [2.45, 2.75) is 38.1 Å². The first-order chi connectivity index (χ1) is 13.6. The van der Waals surface area contributed by atoms with Crippen LogP contribution in [0.3, 0.4) is 0 Å². The third kappa shape index (κ3) is 4.12. The molecule has 2 fully saturated rings. The Morgan fingerprint density at radius 3 is 2.68 bits per heavy atom. The second-order valence-electron chi connectivity index (χ2n) is 7.77. The second kappa shape index (κ2) is 8.19. The molecule has 6 heteroatoms. The molecule has 1 unspecified atom stereocenters. The fourth-order valence-corrected chi connectivity index (χ4v) is 4.25. The summed E-state index contributed by atoms with van der Waals surface area (Å²) in [6, 6.07) is 10.7. The number of carboxylic acids is 1. The summed E-state index contributed by atoms with van der Waals surface area (Å²) >= 11 is 0. The van der Waals surface area contributed by atoms with Crippen LogP contribution in [0.1, 0.15) is 63.8 Å². The van der Waals surface area contributed by atoms with Gasteiger partial charge in [-0.2, -0.15) is 0 Å². The summed E-state index contributed by atoms with van der Waals surface area (Å²) in [7, 11) is 0. The molecule has 0 saturated carbocycles. The number of rotatable bonds is 5. The molecule has 0 radical (unpaired) electrons. The largest absolute Gasteiger partial charge is 0.478 e. The lowest BCUT2D eigenvalue weighted by molar-refractivity contribution is 0.0666. The monoisotopic (exact) mass is 382 g/mol. The Morgan fingerprint density at radius 2 is 1.89 bits per heavy atom. The minimum Gasteiger partial charge on any atom is -0.478 e. The summed E-state index contributed by atoms with van der Waals surface area (Å²) in [6.45, 7) is 4.23. The van der Waals surface area contributed by atoms with Crippen LogP contribution in [0.2, 0.25) is 0 Å². The standard InChI is InChI=1S/C22H26N2O4/c25-21(20-9-8-19(28-20)15-23-10-1-2-11-23)24-12-4-7-18(14-24)16-5-3-6-17(13-16)22(26)27/h3,5-6,8-9,13,18H,1-2,4,7,10-12,14-15H2,(H,26,27). The SMILES string of the molecule is O=C(O)c1cccc(C2CCCN(C(=O)c3ccc(CN4CCCC4)o3)C2)c1. The van der Waals surface area contributed by atoms with Crippen molar-refractivity contribution in [1.29, 1.82) is 0 Å². The maximum absolute atomic E-state index is 12.9. The van der Waals surface area contributed by atoms with Gasteiger partial charge in [0.2, 0.25) is 0 Å². The topological polar surface area (TPSA) is 74.0 Å². The Morgan fingerprint density at radius 1 is 1.07 bits per heavy atom. The zero-order valence-corrected chi connectivity index (χ0v) is 16.0. The van der Waals surface area contributed by atoms with Gasteiger partial charge in [-0.15, -0.1) is 0 Å². The molecule has 2 aliphatic rings. The molecular weight excluding hydrogens is 356 g/mol. The number of hydrogen-bond donors (Lipinski definition) is 1. The number of aromatic carboxylic acids is 1. The molecule has 1 aromatic carbocycles. The lowest BCUT2D eigenvalue weighted by atomic mass is 9.89. The lowest BCUT2D eigenvalue weighted by Crippen LogP contribution is -2.39. The Bertz CT molecular complexity index is 854. The molecule has 2 saturated heterocycles. The van der Waals surface area contributed by atoms with Crippen LogP contribution >= 0.6 is 0 Å². The Labute approximate surface area is 164 Å². The van der Waals surface area contributed by atoms with Gasteiger partial charge in [0.1, 0.15) is 5.76 Å². The number of hydrogen-bond acceptors (Lipinski definition) is 4. The van der Waals surface area contributed by atoms with Crippen molar-refractivity contribution in [3.63, 3.8) is 0 Å². The fraction of sp³-hybridized carbons (Fsp3) is 0.455. The first-order valence-corrected chi connectivity index (χ1v) is 10.0. The first kappa shape index (κ1) is 18.7. The van der Waals surface area contributed by atoms with E-state index in [4.69, 9.17) is 4.42 Å². The fourth-order valence-electron chi connectivity index (χ4n) is 4.25. The highest BCUT2D eigenvalue weighted by molar-refractivity contribution is 5.91. The molecule has 3 heterocycles. The highest BCUT2D eigenvalue weighted by atomic mass is 16.4. The van der Waals surface area contributed by atoms with E-state index in [1.54, 1.807) is 24.3 Å². The van der Waals surface area contributed by atoms with E-state index in [0.717, 1.165) is 43.8 Å². The lowest BCUT2D eigenvalue weighted by Gasteiger charge is -2.32. The van der Waals surface area contributed by atoms with Gasteiger partial charge in [-0.05, 0) is 68.6 Å². The number of nitrogens with zero attached hydrogens (tertiary/aromatic N) is 2. The zero-order valence-electron chi connectivity index (χ0n) is 16.0. The molecule has 148 valence electrons. The van der Waals surface area contributed by atoms with Gasteiger partial charge < -0.3 is 14.4 Å². The quantitative estimate of drug-likeness (QED) is 0.855. The maximum Gasteiger partial charge on any atom is 0.335 e. The summed E-state index contributed by atoms with van der Waals surface area (Å²) in [5.74, 6) is 0.386. The molecule has 0 bridgehead atoms. The Balaban J connectivity index is 1.42. The van der Waals surface area contributed by atoms with Crippen molar-refractivity contribution in [2.75, 3.05) is 26.2 Å². The van der Waals surface area contributed by atoms with Gasteiger partial charge in [-0.1, -0.05) is 12.1 Å². The van der Waals surface area contributed by atoms with E-state index in [9.17, 15) is 14.7 Å². The van der Waals surface area contributed by atoms with Crippen molar-refractivity contribution < 1.29 is 19.1 Å². The third-order valence-electron chi connectivity index (χ3n) is 5.76. The number of benzene rings is 1. The number of amides is 1. The minimum absolute atomic E-state index is 0.0771. The molecule has 1 aromatic heterocycles. The molecule has 4 rings (SSSR count). The smallest absolute Gasteiger partial charge is 0.335 e. The van der Waals surface area contributed by atoms with Gasteiger partial charge in [0.05, 0.1) is 12.1 Å². The van der Waals surface area contributed by atoms with Crippen molar-refractivity contribution >= 4 is 11.9 Å². The molecule has 0 aliphatic carbocycles. The molecule has 1 amide bonds.